The third kappa shape index (κ3) is 3.15. The van der Waals surface area contributed by atoms with Gasteiger partial charge in [0.25, 0.3) is 5.95 Å². The molecule has 0 spiro atoms. The van der Waals surface area contributed by atoms with E-state index in [1.165, 1.54) is 17.3 Å². The number of allylic oxidation sites excluding steroid dienone is 2. The maximum atomic E-state index is 5.70. The molecule has 21 heavy (non-hydrogen) atoms. The van der Waals surface area contributed by atoms with Crippen molar-refractivity contribution in [2.24, 2.45) is 11.8 Å². The maximum absolute atomic E-state index is 5.70. The molecule has 0 bridgehead atoms. The Morgan fingerprint density at radius 1 is 1.29 bits per heavy atom. The normalized spacial score (nSPS) is 21.4. The molecule has 2 aromatic rings. The standard InChI is InChI=1S/C13H17N7O/c1-9-4-2-3-5-10(9)6-21-13-18-11(14)17-12(19-13)20-8-15-7-16-20/h2-3,7-10H,4-6H2,1H3,(H2,14,17,18,19). The smallest absolute Gasteiger partial charge is 0.323 e. The molecule has 0 fully saturated rings. The summed E-state index contributed by atoms with van der Waals surface area (Å²) >= 11 is 0. The Bertz CT molecular complexity index is 625. The van der Waals surface area contributed by atoms with Gasteiger partial charge in [-0.05, 0) is 24.7 Å². The minimum Gasteiger partial charge on any atom is -0.463 e. The molecule has 110 valence electrons. The Balaban J connectivity index is 1.72. The van der Waals surface area contributed by atoms with Crippen LogP contribution in [0.3, 0.4) is 0 Å². The molecule has 0 radical (unpaired) electrons. The average Bonchev–Trinajstić information content (AvgIpc) is 3.00. The largest absolute Gasteiger partial charge is 0.463 e. The molecule has 2 aromatic heterocycles. The predicted octanol–water partition coefficient (Wildman–Crippen LogP) is 1.02. The van der Waals surface area contributed by atoms with Crippen LogP contribution < -0.4 is 10.5 Å². The van der Waals surface area contributed by atoms with Crippen molar-refractivity contribution < 1.29 is 4.74 Å². The van der Waals surface area contributed by atoms with Crippen LogP contribution in [0.1, 0.15) is 19.8 Å². The lowest BCUT2D eigenvalue weighted by Crippen LogP contribution is -2.22. The fraction of sp³-hybridized carbons (Fsp3) is 0.462. The predicted molar refractivity (Wildman–Crippen MR) is 75.7 cm³/mol. The average molecular weight is 287 g/mol. The van der Waals surface area contributed by atoms with Gasteiger partial charge in [0.15, 0.2) is 0 Å². The SMILES string of the molecule is CC1CC=CCC1COc1nc(N)nc(-n2cncn2)n1. The highest BCUT2D eigenvalue weighted by Gasteiger charge is 2.19. The Morgan fingerprint density at radius 3 is 2.90 bits per heavy atom. The number of hydrogen-bond acceptors (Lipinski definition) is 7. The molecule has 3 rings (SSSR count). The second-order valence-electron chi connectivity index (χ2n) is 5.11. The van der Waals surface area contributed by atoms with Crippen LogP contribution in [0.15, 0.2) is 24.8 Å². The second kappa shape index (κ2) is 5.86. The van der Waals surface area contributed by atoms with Crippen molar-refractivity contribution in [3.63, 3.8) is 0 Å². The zero-order chi connectivity index (χ0) is 14.7. The first-order valence-corrected chi connectivity index (χ1v) is 6.86. The molecule has 0 aliphatic heterocycles. The topological polar surface area (TPSA) is 105 Å². The lowest BCUT2D eigenvalue weighted by molar-refractivity contribution is 0.186. The number of ether oxygens (including phenoxy) is 1. The third-order valence-corrected chi connectivity index (χ3v) is 3.59. The summed E-state index contributed by atoms with van der Waals surface area (Å²) in [5.74, 6) is 1.44. The van der Waals surface area contributed by atoms with E-state index in [-0.39, 0.29) is 12.0 Å². The van der Waals surface area contributed by atoms with E-state index in [0.29, 0.717) is 24.4 Å². The molecule has 0 saturated carbocycles. The first-order chi connectivity index (χ1) is 10.2. The van der Waals surface area contributed by atoms with E-state index in [2.05, 4.69) is 44.1 Å². The van der Waals surface area contributed by atoms with E-state index in [9.17, 15) is 0 Å². The van der Waals surface area contributed by atoms with E-state index >= 15 is 0 Å². The number of rotatable bonds is 4. The molecule has 8 nitrogen and oxygen atoms in total. The fourth-order valence-corrected chi connectivity index (χ4v) is 2.26. The highest BCUT2D eigenvalue weighted by Crippen LogP contribution is 2.25. The van der Waals surface area contributed by atoms with Crippen molar-refractivity contribution in [2.75, 3.05) is 12.3 Å². The highest BCUT2D eigenvalue weighted by molar-refractivity contribution is 5.24. The van der Waals surface area contributed by atoms with E-state index in [0.717, 1.165) is 12.8 Å². The number of anilines is 1. The van der Waals surface area contributed by atoms with E-state index in [1.54, 1.807) is 0 Å². The van der Waals surface area contributed by atoms with Gasteiger partial charge in [0.05, 0.1) is 6.61 Å². The van der Waals surface area contributed by atoms with Gasteiger partial charge >= 0.3 is 6.01 Å². The molecule has 0 saturated heterocycles. The van der Waals surface area contributed by atoms with Crippen LogP contribution >= 0.6 is 0 Å². The van der Waals surface area contributed by atoms with E-state index < -0.39 is 0 Å². The summed E-state index contributed by atoms with van der Waals surface area (Å²) in [4.78, 5) is 16.1. The Hall–Kier alpha value is -2.51. The first-order valence-electron chi connectivity index (χ1n) is 6.86. The van der Waals surface area contributed by atoms with Crippen LogP contribution in [-0.4, -0.2) is 36.3 Å². The highest BCUT2D eigenvalue weighted by atomic mass is 16.5. The molecule has 2 unspecified atom stereocenters. The van der Waals surface area contributed by atoms with Gasteiger partial charge in [-0.15, -0.1) is 0 Å². The van der Waals surface area contributed by atoms with Crippen molar-refractivity contribution in [1.82, 2.24) is 29.7 Å². The minimum absolute atomic E-state index is 0.0992. The molecule has 2 N–H and O–H groups in total. The number of nitrogens with two attached hydrogens (primary N) is 1. The van der Waals surface area contributed by atoms with Gasteiger partial charge in [-0.1, -0.05) is 19.1 Å². The molecule has 2 heterocycles. The summed E-state index contributed by atoms with van der Waals surface area (Å²) in [7, 11) is 0. The molecule has 0 amide bonds. The Kier molecular flexibility index (Phi) is 3.76. The van der Waals surface area contributed by atoms with Gasteiger partial charge in [0.2, 0.25) is 5.95 Å². The summed E-state index contributed by atoms with van der Waals surface area (Å²) < 4.78 is 7.11. The molecular formula is C13H17N7O. The monoisotopic (exact) mass is 287 g/mol. The van der Waals surface area contributed by atoms with Crippen molar-refractivity contribution in [1.29, 1.82) is 0 Å². The quantitative estimate of drug-likeness (QED) is 0.837. The Labute approximate surface area is 122 Å². The molecule has 0 aromatic carbocycles. The number of hydrogen-bond donors (Lipinski definition) is 1. The van der Waals surface area contributed by atoms with Gasteiger partial charge in [-0.3, -0.25) is 0 Å². The van der Waals surface area contributed by atoms with Crippen LogP contribution in [0.4, 0.5) is 5.95 Å². The van der Waals surface area contributed by atoms with E-state index in [4.69, 9.17) is 10.5 Å². The van der Waals surface area contributed by atoms with Crippen LogP contribution in [0.5, 0.6) is 6.01 Å². The molecule has 2 atom stereocenters. The van der Waals surface area contributed by atoms with Crippen LogP contribution in [0.25, 0.3) is 5.95 Å². The van der Waals surface area contributed by atoms with Crippen molar-refractivity contribution in [3.8, 4) is 12.0 Å². The van der Waals surface area contributed by atoms with Crippen molar-refractivity contribution >= 4 is 5.95 Å². The van der Waals surface area contributed by atoms with E-state index in [1.807, 2.05) is 0 Å². The summed E-state index contributed by atoms with van der Waals surface area (Å²) in [5, 5.41) is 3.96. The number of aromatic nitrogens is 6. The summed E-state index contributed by atoms with van der Waals surface area (Å²) in [6, 6.07) is 0.217. The van der Waals surface area contributed by atoms with Gasteiger partial charge in [0, 0.05) is 0 Å². The molecule has 8 heteroatoms. The van der Waals surface area contributed by atoms with Crippen molar-refractivity contribution in [2.45, 2.75) is 19.8 Å². The maximum Gasteiger partial charge on any atom is 0.323 e. The third-order valence-electron chi connectivity index (χ3n) is 3.59. The summed E-state index contributed by atoms with van der Waals surface area (Å²) in [5.41, 5.74) is 5.69. The number of nitrogens with zero attached hydrogens (tertiary/aromatic N) is 6. The number of nitrogen functional groups attached to an aromatic ring is 1. The van der Waals surface area contributed by atoms with Crippen LogP contribution in [0.2, 0.25) is 0 Å². The molecule has 1 aliphatic rings. The van der Waals surface area contributed by atoms with Gasteiger partial charge in [-0.25, -0.2) is 4.98 Å². The van der Waals surface area contributed by atoms with Crippen LogP contribution in [-0.2, 0) is 0 Å². The minimum atomic E-state index is 0.0992. The van der Waals surface area contributed by atoms with Crippen molar-refractivity contribution in [3.05, 3.63) is 24.8 Å². The van der Waals surface area contributed by atoms with Gasteiger partial charge in [0.1, 0.15) is 12.7 Å². The fourth-order valence-electron chi connectivity index (χ4n) is 2.26. The zero-order valence-electron chi connectivity index (χ0n) is 11.8. The lowest BCUT2D eigenvalue weighted by atomic mass is 9.85. The molecule has 1 aliphatic carbocycles. The van der Waals surface area contributed by atoms with Crippen LogP contribution in [0, 0.1) is 11.8 Å². The zero-order valence-corrected chi connectivity index (χ0v) is 11.8. The Morgan fingerprint density at radius 2 is 2.14 bits per heavy atom. The lowest BCUT2D eigenvalue weighted by Gasteiger charge is -2.24. The summed E-state index contributed by atoms with van der Waals surface area (Å²) in [6.45, 7) is 2.78. The van der Waals surface area contributed by atoms with Gasteiger partial charge in [-0.2, -0.15) is 24.7 Å². The summed E-state index contributed by atoms with van der Waals surface area (Å²) in [6.07, 6.45) is 9.39. The molecular weight excluding hydrogens is 270 g/mol. The van der Waals surface area contributed by atoms with Gasteiger partial charge < -0.3 is 10.5 Å². The second-order valence-corrected chi connectivity index (χ2v) is 5.11. The first kappa shape index (κ1) is 13.5.